The van der Waals surface area contributed by atoms with E-state index in [9.17, 15) is 0 Å². The van der Waals surface area contributed by atoms with Crippen LogP contribution in [0.2, 0.25) is 0 Å². The van der Waals surface area contributed by atoms with E-state index in [1.165, 1.54) is 0 Å². The number of nitrogens with two attached hydrogens (primary N) is 1. The minimum atomic E-state index is -0.308. The first kappa shape index (κ1) is 16.6. The number of hydrogen-bond acceptors (Lipinski definition) is 7. The van der Waals surface area contributed by atoms with Crippen LogP contribution in [-0.2, 0) is 5.41 Å². The van der Waals surface area contributed by atoms with Gasteiger partial charge in [0.2, 0.25) is 5.95 Å². The van der Waals surface area contributed by atoms with E-state index in [0.29, 0.717) is 17.6 Å². The number of H-pyrrole nitrogens is 1. The Labute approximate surface area is 161 Å². The lowest BCUT2D eigenvalue weighted by atomic mass is 9.77. The second kappa shape index (κ2) is 6.26. The first-order valence-electron chi connectivity index (χ1n) is 9.17. The van der Waals surface area contributed by atoms with Gasteiger partial charge in [0.15, 0.2) is 5.82 Å². The van der Waals surface area contributed by atoms with Crippen molar-refractivity contribution in [3.8, 4) is 22.7 Å². The molecule has 28 heavy (non-hydrogen) atoms. The van der Waals surface area contributed by atoms with Crippen LogP contribution < -0.4 is 5.73 Å². The summed E-state index contributed by atoms with van der Waals surface area (Å²) in [7, 11) is 0. The minimum absolute atomic E-state index is 0.270. The van der Waals surface area contributed by atoms with Crippen LogP contribution in [0.4, 0.5) is 5.95 Å². The summed E-state index contributed by atoms with van der Waals surface area (Å²) in [6, 6.07) is 10.2. The van der Waals surface area contributed by atoms with Crippen LogP contribution in [0.25, 0.3) is 22.7 Å². The van der Waals surface area contributed by atoms with Gasteiger partial charge in [-0.3, -0.25) is 5.10 Å². The van der Waals surface area contributed by atoms with Gasteiger partial charge in [0.05, 0.1) is 5.41 Å². The van der Waals surface area contributed by atoms with Crippen LogP contribution in [0.15, 0.2) is 53.4 Å². The number of rotatable bonds is 5. The fourth-order valence-electron chi connectivity index (χ4n) is 3.62. The van der Waals surface area contributed by atoms with Gasteiger partial charge in [0.25, 0.3) is 5.89 Å². The standard InChI is InChI=1S/C20H19N7O/c1-20(15-6-7-15,18-25-17(28-27-18)16-8-9-24-26-16)14-4-2-12(3-5-14)13-10-22-19(21)23-11-13/h2-5,8-11,15H,6-7H2,1H3,(H,24,26)(H2,21,22,23). The van der Waals surface area contributed by atoms with Gasteiger partial charge < -0.3 is 10.3 Å². The van der Waals surface area contributed by atoms with Crippen molar-refractivity contribution in [1.82, 2.24) is 30.3 Å². The normalized spacial score (nSPS) is 16.0. The topological polar surface area (TPSA) is 119 Å². The molecule has 5 rings (SSSR count). The molecule has 1 aromatic carbocycles. The Morgan fingerprint density at radius 3 is 2.46 bits per heavy atom. The number of nitrogen functional groups attached to an aromatic ring is 1. The summed E-state index contributed by atoms with van der Waals surface area (Å²) in [5, 5.41) is 11.1. The van der Waals surface area contributed by atoms with Crippen molar-refractivity contribution in [3.63, 3.8) is 0 Å². The van der Waals surface area contributed by atoms with Gasteiger partial charge in [-0.2, -0.15) is 10.1 Å². The van der Waals surface area contributed by atoms with Crippen molar-refractivity contribution in [2.45, 2.75) is 25.2 Å². The maximum atomic E-state index is 5.58. The van der Waals surface area contributed by atoms with E-state index in [1.54, 1.807) is 18.6 Å². The first-order valence-corrected chi connectivity index (χ1v) is 9.17. The van der Waals surface area contributed by atoms with E-state index >= 15 is 0 Å². The molecule has 4 aromatic rings. The molecule has 1 aliphatic carbocycles. The second-order valence-electron chi connectivity index (χ2n) is 7.28. The van der Waals surface area contributed by atoms with Gasteiger partial charge in [-0.15, -0.1) is 0 Å². The fourth-order valence-corrected chi connectivity index (χ4v) is 3.62. The molecule has 0 spiro atoms. The Balaban J connectivity index is 1.50. The highest BCUT2D eigenvalue weighted by atomic mass is 16.5. The van der Waals surface area contributed by atoms with Crippen LogP contribution in [0.5, 0.6) is 0 Å². The van der Waals surface area contributed by atoms with E-state index < -0.39 is 0 Å². The average Bonchev–Trinajstić information content (AvgIpc) is 3.23. The average molecular weight is 373 g/mol. The van der Waals surface area contributed by atoms with E-state index in [-0.39, 0.29) is 11.4 Å². The van der Waals surface area contributed by atoms with Crippen molar-refractivity contribution in [2.75, 3.05) is 5.73 Å². The minimum Gasteiger partial charge on any atom is -0.368 e. The molecule has 1 atom stereocenters. The van der Waals surface area contributed by atoms with Crippen molar-refractivity contribution in [1.29, 1.82) is 0 Å². The number of nitrogens with zero attached hydrogens (tertiary/aromatic N) is 5. The summed E-state index contributed by atoms with van der Waals surface area (Å²) >= 11 is 0. The van der Waals surface area contributed by atoms with Gasteiger partial charge in [-0.25, -0.2) is 9.97 Å². The molecule has 3 N–H and O–H groups in total. The number of anilines is 1. The number of aromatic amines is 1. The highest BCUT2D eigenvalue weighted by Gasteiger charge is 2.47. The molecule has 1 fully saturated rings. The summed E-state index contributed by atoms with van der Waals surface area (Å²) < 4.78 is 5.50. The van der Waals surface area contributed by atoms with Crippen molar-refractivity contribution in [3.05, 3.63) is 60.3 Å². The van der Waals surface area contributed by atoms with Gasteiger partial charge in [-0.05, 0) is 42.9 Å². The summed E-state index contributed by atoms with van der Waals surface area (Å²) in [4.78, 5) is 12.8. The maximum Gasteiger partial charge on any atom is 0.275 e. The highest BCUT2D eigenvalue weighted by Crippen LogP contribution is 2.50. The molecule has 8 nitrogen and oxygen atoms in total. The lowest BCUT2D eigenvalue weighted by Gasteiger charge is -2.27. The van der Waals surface area contributed by atoms with Crippen LogP contribution >= 0.6 is 0 Å². The number of hydrogen-bond donors (Lipinski definition) is 2. The van der Waals surface area contributed by atoms with Gasteiger partial charge in [-0.1, -0.05) is 29.4 Å². The van der Waals surface area contributed by atoms with Crippen LogP contribution in [0.3, 0.4) is 0 Å². The van der Waals surface area contributed by atoms with Crippen molar-refractivity contribution >= 4 is 5.95 Å². The number of aromatic nitrogens is 6. The third-order valence-electron chi connectivity index (χ3n) is 5.51. The molecule has 1 saturated carbocycles. The number of nitrogens with one attached hydrogen (secondary N) is 1. The molecular formula is C20H19N7O. The smallest absolute Gasteiger partial charge is 0.275 e. The Hall–Kier alpha value is -3.55. The Kier molecular flexibility index (Phi) is 3.71. The second-order valence-corrected chi connectivity index (χ2v) is 7.28. The molecule has 1 aliphatic rings. The molecule has 8 heteroatoms. The molecule has 0 saturated heterocycles. The molecule has 0 aliphatic heterocycles. The monoisotopic (exact) mass is 373 g/mol. The van der Waals surface area contributed by atoms with E-state index in [0.717, 1.165) is 35.2 Å². The molecule has 3 heterocycles. The summed E-state index contributed by atoms with van der Waals surface area (Å²) in [5.41, 5.74) is 9.11. The molecule has 0 amide bonds. The number of benzene rings is 1. The summed E-state index contributed by atoms with van der Waals surface area (Å²) in [6.45, 7) is 2.19. The third kappa shape index (κ3) is 2.74. The Morgan fingerprint density at radius 1 is 1.07 bits per heavy atom. The molecule has 0 bridgehead atoms. The predicted molar refractivity (Wildman–Crippen MR) is 103 cm³/mol. The Morgan fingerprint density at radius 2 is 1.82 bits per heavy atom. The fraction of sp³-hybridized carbons (Fsp3) is 0.250. The van der Waals surface area contributed by atoms with Crippen molar-refractivity contribution < 1.29 is 4.52 Å². The quantitative estimate of drug-likeness (QED) is 0.551. The SMILES string of the molecule is CC(c1ccc(-c2cnc(N)nc2)cc1)(c1noc(-c2ccn[nH]2)n1)C1CC1. The highest BCUT2D eigenvalue weighted by molar-refractivity contribution is 5.62. The van der Waals surface area contributed by atoms with Crippen LogP contribution in [0.1, 0.15) is 31.2 Å². The zero-order chi connectivity index (χ0) is 19.1. The molecule has 0 radical (unpaired) electrons. The maximum absolute atomic E-state index is 5.58. The zero-order valence-electron chi connectivity index (χ0n) is 15.3. The first-order chi connectivity index (χ1) is 13.6. The lowest BCUT2D eigenvalue weighted by Crippen LogP contribution is -2.28. The van der Waals surface area contributed by atoms with E-state index in [4.69, 9.17) is 10.3 Å². The Bertz CT molecular complexity index is 1080. The molecule has 3 aromatic heterocycles. The van der Waals surface area contributed by atoms with Crippen LogP contribution in [-0.4, -0.2) is 30.3 Å². The van der Waals surface area contributed by atoms with E-state index in [2.05, 4.69) is 61.5 Å². The summed E-state index contributed by atoms with van der Waals surface area (Å²) in [5.74, 6) is 1.91. The predicted octanol–water partition coefficient (Wildman–Crippen LogP) is 3.21. The van der Waals surface area contributed by atoms with Gasteiger partial charge >= 0.3 is 0 Å². The van der Waals surface area contributed by atoms with Crippen LogP contribution in [0, 0.1) is 5.92 Å². The summed E-state index contributed by atoms with van der Waals surface area (Å²) in [6.07, 6.45) is 7.43. The van der Waals surface area contributed by atoms with E-state index in [1.807, 2.05) is 6.07 Å². The largest absolute Gasteiger partial charge is 0.368 e. The van der Waals surface area contributed by atoms with Gasteiger partial charge in [0, 0.05) is 24.2 Å². The van der Waals surface area contributed by atoms with Gasteiger partial charge in [0.1, 0.15) is 5.69 Å². The van der Waals surface area contributed by atoms with Crippen molar-refractivity contribution in [2.24, 2.45) is 5.92 Å². The molecular weight excluding hydrogens is 354 g/mol. The third-order valence-corrected chi connectivity index (χ3v) is 5.51. The zero-order valence-corrected chi connectivity index (χ0v) is 15.3. The molecule has 140 valence electrons. The molecule has 1 unspecified atom stereocenters. The lowest BCUT2D eigenvalue weighted by molar-refractivity contribution is 0.386.